The summed E-state index contributed by atoms with van der Waals surface area (Å²) in [5.41, 5.74) is 6.96. The third-order valence-corrected chi connectivity index (χ3v) is 3.31. The Morgan fingerprint density at radius 3 is 1.95 bits per heavy atom. The molecule has 19 heavy (non-hydrogen) atoms. The van der Waals surface area contributed by atoms with E-state index in [4.69, 9.17) is 0 Å². The monoisotopic (exact) mass is 252 g/mol. The van der Waals surface area contributed by atoms with E-state index in [1.54, 1.807) is 0 Å². The van der Waals surface area contributed by atoms with Gasteiger partial charge >= 0.3 is 0 Å². The Hall–Kier alpha value is -1.96. The van der Waals surface area contributed by atoms with E-state index < -0.39 is 0 Å². The second-order valence-electron chi connectivity index (χ2n) is 5.05. The first kappa shape index (κ1) is 13.5. The normalized spacial score (nSPS) is 11.7. The fourth-order valence-corrected chi connectivity index (χ4v) is 2.22. The molecule has 2 heteroatoms. The van der Waals surface area contributed by atoms with E-state index in [0.717, 1.165) is 22.8 Å². The van der Waals surface area contributed by atoms with Gasteiger partial charge in [-0.3, -0.25) is 0 Å². The van der Waals surface area contributed by atoms with Gasteiger partial charge in [0, 0.05) is 17.0 Å². The average molecular weight is 252 g/mol. The van der Waals surface area contributed by atoms with Gasteiger partial charge < -0.3 is 0 Å². The molecular formula is C17H20N2. The van der Waals surface area contributed by atoms with Gasteiger partial charge in [-0.05, 0) is 51.8 Å². The second-order valence-corrected chi connectivity index (χ2v) is 5.05. The standard InChI is InChI=1S/C17H20N2/c1-11-6-8-16(9-7-11)12(2)10-17-13(3)18-15(5)19-14(17)4/h6-10H,1-5H3/b12-10+. The highest BCUT2D eigenvalue weighted by Gasteiger charge is 2.05. The number of hydrogen-bond acceptors (Lipinski definition) is 2. The summed E-state index contributed by atoms with van der Waals surface area (Å²) in [6.07, 6.45) is 2.18. The van der Waals surface area contributed by atoms with Crippen LogP contribution in [-0.2, 0) is 0 Å². The van der Waals surface area contributed by atoms with Gasteiger partial charge in [-0.1, -0.05) is 29.8 Å². The van der Waals surface area contributed by atoms with Gasteiger partial charge in [0.2, 0.25) is 0 Å². The molecule has 0 bridgehead atoms. The number of aryl methyl sites for hydroxylation is 4. The highest BCUT2D eigenvalue weighted by atomic mass is 14.9. The molecule has 0 saturated heterocycles. The molecule has 0 radical (unpaired) electrons. The van der Waals surface area contributed by atoms with E-state index in [0.29, 0.717) is 0 Å². The number of benzene rings is 1. The summed E-state index contributed by atoms with van der Waals surface area (Å²) in [7, 11) is 0. The van der Waals surface area contributed by atoms with Crippen molar-refractivity contribution < 1.29 is 0 Å². The van der Waals surface area contributed by atoms with E-state index in [1.165, 1.54) is 16.7 Å². The summed E-state index contributed by atoms with van der Waals surface area (Å²) in [6.45, 7) is 10.2. The van der Waals surface area contributed by atoms with Crippen molar-refractivity contribution in [2.24, 2.45) is 0 Å². The first-order chi connectivity index (χ1) is 8.97. The Labute approximate surface area is 115 Å². The van der Waals surface area contributed by atoms with Crippen molar-refractivity contribution >= 4 is 11.6 Å². The van der Waals surface area contributed by atoms with Crippen LogP contribution in [0.1, 0.15) is 40.8 Å². The van der Waals surface area contributed by atoms with Crippen molar-refractivity contribution in [3.63, 3.8) is 0 Å². The molecular weight excluding hydrogens is 232 g/mol. The molecule has 0 N–H and O–H groups in total. The number of aromatic nitrogens is 2. The van der Waals surface area contributed by atoms with Crippen molar-refractivity contribution in [1.29, 1.82) is 0 Å². The zero-order valence-corrected chi connectivity index (χ0v) is 12.3. The molecule has 0 aliphatic rings. The third-order valence-electron chi connectivity index (χ3n) is 3.31. The van der Waals surface area contributed by atoms with Crippen LogP contribution in [-0.4, -0.2) is 9.97 Å². The van der Waals surface area contributed by atoms with Crippen LogP contribution in [0.3, 0.4) is 0 Å². The maximum atomic E-state index is 4.44. The van der Waals surface area contributed by atoms with Gasteiger partial charge in [0.1, 0.15) is 5.82 Å². The Morgan fingerprint density at radius 1 is 0.895 bits per heavy atom. The smallest absolute Gasteiger partial charge is 0.125 e. The van der Waals surface area contributed by atoms with Gasteiger partial charge in [-0.2, -0.15) is 0 Å². The molecule has 0 amide bonds. The van der Waals surface area contributed by atoms with Crippen LogP contribution in [0.2, 0.25) is 0 Å². The van der Waals surface area contributed by atoms with Gasteiger partial charge in [0.05, 0.1) is 0 Å². The van der Waals surface area contributed by atoms with Crippen LogP contribution in [0, 0.1) is 27.7 Å². The van der Waals surface area contributed by atoms with Crippen molar-refractivity contribution in [3.05, 3.63) is 58.2 Å². The summed E-state index contributed by atoms with van der Waals surface area (Å²) in [5, 5.41) is 0. The van der Waals surface area contributed by atoms with Gasteiger partial charge in [-0.25, -0.2) is 9.97 Å². The van der Waals surface area contributed by atoms with Gasteiger partial charge in [0.25, 0.3) is 0 Å². The summed E-state index contributed by atoms with van der Waals surface area (Å²) in [6, 6.07) is 8.58. The van der Waals surface area contributed by atoms with E-state index in [2.05, 4.69) is 54.2 Å². The number of hydrogen-bond donors (Lipinski definition) is 0. The van der Waals surface area contributed by atoms with Gasteiger partial charge in [0.15, 0.2) is 0 Å². The lowest BCUT2D eigenvalue weighted by atomic mass is 10.0. The van der Waals surface area contributed by atoms with Crippen molar-refractivity contribution in [2.75, 3.05) is 0 Å². The lowest BCUT2D eigenvalue weighted by molar-refractivity contribution is 0.969. The maximum Gasteiger partial charge on any atom is 0.125 e. The molecule has 0 saturated carbocycles. The van der Waals surface area contributed by atoms with Gasteiger partial charge in [-0.15, -0.1) is 0 Å². The highest BCUT2D eigenvalue weighted by Crippen LogP contribution is 2.21. The quantitative estimate of drug-likeness (QED) is 0.797. The fraction of sp³-hybridized carbons (Fsp3) is 0.294. The van der Waals surface area contributed by atoms with Crippen molar-refractivity contribution in [1.82, 2.24) is 9.97 Å². The number of allylic oxidation sites excluding steroid dienone is 1. The maximum absolute atomic E-state index is 4.44. The van der Waals surface area contributed by atoms with E-state index >= 15 is 0 Å². The van der Waals surface area contributed by atoms with Crippen LogP contribution in [0.4, 0.5) is 0 Å². The minimum absolute atomic E-state index is 0.833. The molecule has 0 aliphatic heterocycles. The Balaban J connectivity index is 2.43. The first-order valence-corrected chi connectivity index (χ1v) is 6.54. The van der Waals surface area contributed by atoms with Crippen LogP contribution < -0.4 is 0 Å². The second kappa shape index (κ2) is 5.35. The summed E-state index contributed by atoms with van der Waals surface area (Å²) in [5.74, 6) is 0.833. The Morgan fingerprint density at radius 2 is 1.42 bits per heavy atom. The Kier molecular flexibility index (Phi) is 3.79. The van der Waals surface area contributed by atoms with Crippen molar-refractivity contribution in [3.8, 4) is 0 Å². The minimum atomic E-state index is 0.833. The van der Waals surface area contributed by atoms with E-state index in [9.17, 15) is 0 Å². The zero-order chi connectivity index (χ0) is 14.0. The molecule has 98 valence electrons. The molecule has 0 aliphatic carbocycles. The molecule has 1 aromatic heterocycles. The fourth-order valence-electron chi connectivity index (χ4n) is 2.22. The minimum Gasteiger partial charge on any atom is -0.238 e. The molecule has 0 unspecified atom stereocenters. The molecule has 0 spiro atoms. The van der Waals surface area contributed by atoms with Crippen LogP contribution in [0.5, 0.6) is 0 Å². The van der Waals surface area contributed by atoms with Crippen LogP contribution in [0.15, 0.2) is 24.3 Å². The highest BCUT2D eigenvalue weighted by molar-refractivity contribution is 5.81. The summed E-state index contributed by atoms with van der Waals surface area (Å²) >= 11 is 0. The van der Waals surface area contributed by atoms with E-state index in [-0.39, 0.29) is 0 Å². The zero-order valence-electron chi connectivity index (χ0n) is 12.3. The molecule has 1 aromatic carbocycles. The third kappa shape index (κ3) is 3.08. The lowest BCUT2D eigenvalue weighted by Gasteiger charge is -2.08. The summed E-state index contributed by atoms with van der Waals surface area (Å²) in [4.78, 5) is 8.88. The summed E-state index contributed by atoms with van der Waals surface area (Å²) < 4.78 is 0. The Bertz CT molecular complexity index is 599. The predicted molar refractivity (Wildman–Crippen MR) is 81.0 cm³/mol. The molecule has 2 rings (SSSR count). The SMILES string of the molecule is C/C(=C\c1c(C)nc(C)nc1C)c1ccc(C)cc1. The molecule has 1 heterocycles. The molecule has 0 fully saturated rings. The van der Waals surface area contributed by atoms with Crippen molar-refractivity contribution in [2.45, 2.75) is 34.6 Å². The van der Waals surface area contributed by atoms with Crippen LogP contribution >= 0.6 is 0 Å². The first-order valence-electron chi connectivity index (χ1n) is 6.54. The van der Waals surface area contributed by atoms with E-state index in [1.807, 2.05) is 20.8 Å². The topological polar surface area (TPSA) is 25.8 Å². The number of nitrogens with zero attached hydrogens (tertiary/aromatic N) is 2. The molecule has 2 aromatic rings. The number of rotatable bonds is 2. The molecule has 2 nitrogen and oxygen atoms in total. The lowest BCUT2D eigenvalue weighted by Crippen LogP contribution is -1.99. The molecule has 0 atom stereocenters. The average Bonchev–Trinajstić information content (AvgIpc) is 2.34. The van der Waals surface area contributed by atoms with Crippen LogP contribution in [0.25, 0.3) is 11.6 Å². The predicted octanol–water partition coefficient (Wildman–Crippen LogP) is 4.27. The largest absolute Gasteiger partial charge is 0.238 e.